The first-order valence-corrected chi connectivity index (χ1v) is 30.3. The van der Waals surface area contributed by atoms with Gasteiger partial charge in [-0.25, -0.2) is 4.98 Å². The minimum absolute atomic E-state index is 0.0234. The van der Waals surface area contributed by atoms with Gasteiger partial charge in [0.1, 0.15) is 12.3 Å². The molecule has 4 amide bonds. The van der Waals surface area contributed by atoms with Crippen LogP contribution in [0.1, 0.15) is 121 Å². The molecule has 0 bridgehead atoms. The van der Waals surface area contributed by atoms with Crippen molar-refractivity contribution in [3.05, 3.63) is 124 Å². The van der Waals surface area contributed by atoms with E-state index in [2.05, 4.69) is 67.1 Å². The number of piperazine rings is 1. The molecule has 0 saturated carbocycles. The highest BCUT2D eigenvalue weighted by Crippen LogP contribution is 2.35. The van der Waals surface area contributed by atoms with E-state index >= 15 is 0 Å². The second kappa shape index (κ2) is 31.7. The molecular weight excluding hydrogens is 1050 g/mol. The number of primary amides is 1. The van der Waals surface area contributed by atoms with Gasteiger partial charge in [0.05, 0.1) is 34.8 Å². The summed E-state index contributed by atoms with van der Waals surface area (Å²) in [5, 5.41) is 35.1. The number of anilines is 1. The van der Waals surface area contributed by atoms with E-state index in [-0.39, 0.29) is 37.2 Å². The first-order valence-electron chi connectivity index (χ1n) is 29.5. The molecule has 82 heavy (non-hydrogen) atoms. The molecule has 3 fully saturated rings. The Labute approximate surface area is 492 Å². The Morgan fingerprint density at radius 2 is 1.60 bits per heavy atom. The van der Waals surface area contributed by atoms with Gasteiger partial charge in [0.25, 0.3) is 0 Å². The van der Waals surface area contributed by atoms with Crippen molar-refractivity contribution in [2.45, 2.75) is 137 Å². The summed E-state index contributed by atoms with van der Waals surface area (Å²) in [6, 6.07) is 11.2. The number of hydrogen-bond donors (Lipinski definition) is 7. The highest BCUT2D eigenvalue weighted by atomic mass is 32.1. The number of carbonyl (C=O) groups is 4. The number of hydrogen-bond acceptors (Lipinski definition) is 14. The predicted molar refractivity (Wildman–Crippen MR) is 331 cm³/mol. The van der Waals surface area contributed by atoms with Gasteiger partial charge in [0.2, 0.25) is 23.6 Å². The van der Waals surface area contributed by atoms with Crippen LogP contribution in [0, 0.1) is 19.3 Å². The Balaban J connectivity index is 0.895. The fourth-order valence-corrected chi connectivity index (χ4v) is 12.0. The molecule has 0 spiro atoms. The summed E-state index contributed by atoms with van der Waals surface area (Å²) in [7, 11) is 0. The Bertz CT molecular complexity index is 2730. The number of nitrogens with one attached hydrogen (secondary N) is 4. The Morgan fingerprint density at radius 1 is 0.927 bits per heavy atom. The second-order valence-corrected chi connectivity index (χ2v) is 24.2. The lowest BCUT2D eigenvalue weighted by Gasteiger charge is -2.37. The van der Waals surface area contributed by atoms with Crippen LogP contribution in [-0.4, -0.2) is 163 Å². The van der Waals surface area contributed by atoms with Crippen LogP contribution in [0.4, 0.5) is 5.69 Å². The second-order valence-electron chi connectivity index (χ2n) is 23.3. The van der Waals surface area contributed by atoms with E-state index in [4.69, 9.17) is 10.5 Å². The van der Waals surface area contributed by atoms with Crippen molar-refractivity contribution in [2.75, 3.05) is 90.1 Å². The number of nitrogens with zero attached hydrogens (tertiary/aromatic N) is 5. The molecule has 0 aliphatic carbocycles. The Kier molecular flexibility index (Phi) is 25.3. The van der Waals surface area contributed by atoms with E-state index in [9.17, 15) is 29.4 Å². The molecule has 3 saturated heterocycles. The number of rotatable bonds is 29. The molecule has 1 aromatic heterocycles. The van der Waals surface area contributed by atoms with E-state index in [1.807, 2.05) is 109 Å². The minimum Gasteiger partial charge on any atom is -0.391 e. The lowest BCUT2D eigenvalue weighted by Crippen LogP contribution is -2.56. The number of aromatic nitrogens is 1. The van der Waals surface area contributed by atoms with E-state index in [1.165, 1.54) is 0 Å². The van der Waals surface area contributed by atoms with Crippen molar-refractivity contribution in [1.82, 2.24) is 41.0 Å². The van der Waals surface area contributed by atoms with Crippen molar-refractivity contribution < 1.29 is 34.1 Å². The number of likely N-dealkylation sites (tertiary alicyclic amines) is 1. The van der Waals surface area contributed by atoms with E-state index in [1.54, 1.807) is 16.2 Å². The number of thiazole rings is 1. The molecule has 6 rings (SSSR count). The lowest BCUT2D eigenvalue weighted by molar-refractivity contribution is -0.142. The standard InChI is InChI=1S/C64H94N10O7S/c1-11-17-45(5)54(60(65)77)38-69-61(78)53-34-50(35-55(46(53)6)73(12-2)51-24-32-81-33-25-51)44(4)19-18-43(3)39-71-28-30-72(31-29-71)41-57(76)66-26-15-13-14-16-27-67-59(64(8,9)10)63(80)74-40-52(75)36-56(74)62(79)68-37-48-20-22-49(23-21-48)58-47(7)70-42-82-58/h11,17-23,34-35,42,51-52,56,59,61,67,69,75,78H,3-4,12-16,24-33,36-41H2,1-2,5-10H3,(H2,65,77)(H,66,76)(H,68,79)/b17-11+,19-18-,54-45-/t52-,56+,59?,61?/m1/s1. The molecule has 3 aliphatic heterocycles. The average Bonchev–Trinajstić information content (AvgIpc) is 4.11. The average molecular weight is 1150 g/mol. The zero-order valence-electron chi connectivity index (χ0n) is 50.2. The van der Waals surface area contributed by atoms with Crippen LogP contribution in [0.5, 0.6) is 0 Å². The molecule has 8 N–H and O–H groups in total. The molecule has 448 valence electrons. The number of aliphatic hydroxyl groups excluding tert-OH is 2. The number of unbranched alkanes of at least 4 members (excludes halogenated alkanes) is 3. The molecule has 0 radical (unpaired) electrons. The van der Waals surface area contributed by atoms with Crippen LogP contribution in [0.3, 0.4) is 0 Å². The normalized spacial score (nSPS) is 18.6. The largest absolute Gasteiger partial charge is 0.391 e. The molecule has 3 aromatic rings. The third-order valence-electron chi connectivity index (χ3n) is 16.0. The molecule has 2 aromatic carbocycles. The van der Waals surface area contributed by atoms with Gasteiger partial charge in [0.15, 0.2) is 0 Å². The monoisotopic (exact) mass is 1150 g/mol. The summed E-state index contributed by atoms with van der Waals surface area (Å²) in [6.45, 7) is 32.9. The summed E-state index contributed by atoms with van der Waals surface area (Å²) in [4.78, 5) is 66.9. The van der Waals surface area contributed by atoms with E-state index < -0.39 is 35.7 Å². The molecular formula is C64H94N10O7S. The van der Waals surface area contributed by atoms with Crippen LogP contribution in [0.2, 0.25) is 0 Å². The summed E-state index contributed by atoms with van der Waals surface area (Å²) >= 11 is 1.60. The van der Waals surface area contributed by atoms with Crippen molar-refractivity contribution in [3.63, 3.8) is 0 Å². The summed E-state index contributed by atoms with van der Waals surface area (Å²) in [5.41, 5.74) is 16.6. The maximum atomic E-state index is 14.1. The van der Waals surface area contributed by atoms with Crippen molar-refractivity contribution >= 4 is 46.2 Å². The van der Waals surface area contributed by atoms with Crippen LogP contribution in [-0.2, 0) is 30.5 Å². The van der Waals surface area contributed by atoms with Gasteiger partial charge in [-0.05, 0) is 123 Å². The number of β-amino-alcohol motifs (C(OH)–C–C–N with tert-alkyl or cyclic N) is 1. The smallest absolute Gasteiger partial charge is 0.246 e. The number of ether oxygens (including phenoxy) is 1. The number of carbonyl (C=O) groups excluding carboxylic acids is 4. The van der Waals surface area contributed by atoms with Gasteiger partial charge in [-0.15, -0.1) is 11.3 Å². The molecule has 18 heteroatoms. The number of amides is 4. The fraction of sp³-hybridized carbons (Fsp3) is 0.547. The molecule has 4 atom stereocenters. The summed E-state index contributed by atoms with van der Waals surface area (Å²) in [5.74, 6) is -0.962. The fourth-order valence-electron chi connectivity index (χ4n) is 11.2. The van der Waals surface area contributed by atoms with Gasteiger partial charge in [0, 0.05) is 108 Å². The number of benzene rings is 2. The first-order chi connectivity index (χ1) is 39.2. The first kappa shape index (κ1) is 65.3. The summed E-state index contributed by atoms with van der Waals surface area (Å²) < 4.78 is 5.70. The Hall–Kier alpha value is -5.83. The summed E-state index contributed by atoms with van der Waals surface area (Å²) in [6.07, 6.45) is 11.4. The number of nitrogens with two attached hydrogens (primary N) is 1. The van der Waals surface area contributed by atoms with Gasteiger partial charge in [-0.2, -0.15) is 0 Å². The lowest BCUT2D eigenvalue weighted by atomic mass is 9.85. The van der Waals surface area contributed by atoms with Crippen molar-refractivity contribution in [1.29, 1.82) is 0 Å². The molecule has 3 aliphatic rings. The maximum Gasteiger partial charge on any atom is 0.246 e. The van der Waals surface area contributed by atoms with Gasteiger partial charge < -0.3 is 46.4 Å². The Morgan fingerprint density at radius 3 is 2.22 bits per heavy atom. The SMILES string of the molecule is C=C(/C=C\C(=C)c1cc(C(O)NC/C(C(N)=O)=C(C)/C=C/C)c(C)c(N(CC)C2CCOCC2)c1)CN1CCN(CC(=O)NCCCCCCNC(C(=O)N2C[C@H](O)C[C@H]2C(=O)NCc2ccc(-c3scnc3C)cc2)C(C)(C)C)CC1. The van der Waals surface area contributed by atoms with Gasteiger partial charge >= 0.3 is 0 Å². The molecule has 17 nitrogen and oxygen atoms in total. The van der Waals surface area contributed by atoms with Crippen LogP contribution < -0.4 is 31.9 Å². The third-order valence-corrected chi connectivity index (χ3v) is 17.0. The highest BCUT2D eigenvalue weighted by Gasteiger charge is 2.44. The quantitative estimate of drug-likeness (QED) is 0.0160. The molecule has 2 unspecified atom stereocenters. The number of aliphatic hydroxyl groups is 2. The minimum atomic E-state index is -1.07. The van der Waals surface area contributed by atoms with E-state index in [0.717, 1.165) is 126 Å². The topological polar surface area (TPSA) is 218 Å². The zero-order chi connectivity index (χ0) is 59.5. The van der Waals surface area contributed by atoms with Crippen molar-refractivity contribution in [3.8, 4) is 10.4 Å². The predicted octanol–water partition coefficient (Wildman–Crippen LogP) is 7.09. The zero-order valence-corrected chi connectivity index (χ0v) is 51.0. The van der Waals surface area contributed by atoms with Crippen LogP contribution >= 0.6 is 11.3 Å². The highest BCUT2D eigenvalue weighted by molar-refractivity contribution is 7.13. The van der Waals surface area contributed by atoms with Gasteiger partial charge in [-0.3, -0.25) is 34.3 Å². The van der Waals surface area contributed by atoms with E-state index in [0.29, 0.717) is 63.1 Å². The maximum absolute atomic E-state index is 14.1. The van der Waals surface area contributed by atoms with Crippen LogP contribution in [0.15, 0.2) is 96.1 Å². The van der Waals surface area contributed by atoms with Gasteiger partial charge in [-0.1, -0.05) is 95.3 Å². The molecule has 4 heterocycles. The number of aryl methyl sites for hydroxylation is 1. The number of allylic oxidation sites excluding steroid dienone is 5. The van der Waals surface area contributed by atoms with Crippen molar-refractivity contribution in [2.24, 2.45) is 11.1 Å². The van der Waals surface area contributed by atoms with Crippen LogP contribution in [0.25, 0.3) is 16.0 Å². The third kappa shape index (κ3) is 18.8.